The van der Waals surface area contributed by atoms with Crippen molar-refractivity contribution >= 4 is 11.8 Å². The van der Waals surface area contributed by atoms with Crippen LogP contribution < -0.4 is 10.1 Å². The van der Waals surface area contributed by atoms with Gasteiger partial charge in [0.25, 0.3) is 0 Å². The molecule has 18 heavy (non-hydrogen) atoms. The zero-order chi connectivity index (χ0) is 13.5. The van der Waals surface area contributed by atoms with Crippen LogP contribution >= 0.6 is 0 Å². The molecule has 4 nitrogen and oxygen atoms in total. The first-order valence-electron chi connectivity index (χ1n) is 5.67. The Morgan fingerprint density at radius 3 is 2.78 bits per heavy atom. The zero-order valence-electron chi connectivity index (χ0n) is 10.8. The second-order valence-electron chi connectivity index (χ2n) is 4.05. The van der Waals surface area contributed by atoms with Gasteiger partial charge in [-0.3, -0.25) is 5.32 Å². The van der Waals surface area contributed by atoms with Crippen molar-refractivity contribution in [2.24, 2.45) is 0 Å². The fraction of sp³-hybridized carbons (Fsp3) is 0.357. The first-order valence-corrected chi connectivity index (χ1v) is 5.67. The van der Waals surface area contributed by atoms with Gasteiger partial charge in [0.2, 0.25) is 0 Å². The number of terminal acetylenes is 1. The van der Waals surface area contributed by atoms with Gasteiger partial charge in [-0.05, 0) is 44.5 Å². The summed E-state index contributed by atoms with van der Waals surface area (Å²) in [5, 5.41) is 2.64. The van der Waals surface area contributed by atoms with E-state index in [0.717, 1.165) is 5.56 Å². The van der Waals surface area contributed by atoms with Crippen molar-refractivity contribution in [1.82, 2.24) is 0 Å². The number of carbonyl (C=O) groups is 1. The fourth-order valence-electron chi connectivity index (χ4n) is 1.37. The van der Waals surface area contributed by atoms with Gasteiger partial charge in [0, 0.05) is 5.69 Å². The SMILES string of the molecule is C#CCOc1ccc(NC(=O)OC(C)C)cc1C. The Labute approximate surface area is 107 Å². The highest BCUT2D eigenvalue weighted by molar-refractivity contribution is 5.84. The van der Waals surface area contributed by atoms with Crippen molar-refractivity contribution in [3.05, 3.63) is 23.8 Å². The lowest BCUT2D eigenvalue weighted by molar-refractivity contribution is 0.130. The van der Waals surface area contributed by atoms with Crippen LogP contribution in [0.25, 0.3) is 0 Å². The van der Waals surface area contributed by atoms with Crippen molar-refractivity contribution < 1.29 is 14.3 Å². The second kappa shape index (κ2) is 6.55. The summed E-state index contributed by atoms with van der Waals surface area (Å²) in [5.41, 5.74) is 1.55. The third kappa shape index (κ3) is 4.38. The molecule has 1 aromatic carbocycles. The molecule has 0 aromatic heterocycles. The lowest BCUT2D eigenvalue weighted by atomic mass is 10.2. The van der Waals surface area contributed by atoms with Crippen molar-refractivity contribution in [2.45, 2.75) is 26.9 Å². The number of anilines is 1. The van der Waals surface area contributed by atoms with Crippen LogP contribution in [0.15, 0.2) is 18.2 Å². The van der Waals surface area contributed by atoms with Gasteiger partial charge in [0.1, 0.15) is 12.4 Å². The molecule has 0 spiro atoms. The summed E-state index contributed by atoms with van der Waals surface area (Å²) >= 11 is 0. The maximum absolute atomic E-state index is 11.4. The highest BCUT2D eigenvalue weighted by Crippen LogP contribution is 2.22. The number of aryl methyl sites for hydroxylation is 1. The van der Waals surface area contributed by atoms with E-state index >= 15 is 0 Å². The molecule has 0 fully saturated rings. The minimum absolute atomic E-state index is 0.149. The summed E-state index contributed by atoms with van der Waals surface area (Å²) in [6.07, 6.45) is 4.50. The number of rotatable bonds is 4. The van der Waals surface area contributed by atoms with Crippen LogP contribution in [0.2, 0.25) is 0 Å². The molecule has 1 aromatic rings. The van der Waals surface area contributed by atoms with Crippen LogP contribution in [-0.2, 0) is 4.74 Å². The topological polar surface area (TPSA) is 47.6 Å². The van der Waals surface area contributed by atoms with Crippen LogP contribution in [0.3, 0.4) is 0 Å². The van der Waals surface area contributed by atoms with Gasteiger partial charge in [-0.15, -0.1) is 6.42 Å². The predicted octanol–water partition coefficient (Wildman–Crippen LogP) is 2.96. The fourth-order valence-corrected chi connectivity index (χ4v) is 1.37. The van der Waals surface area contributed by atoms with Crippen molar-refractivity contribution in [1.29, 1.82) is 0 Å². The van der Waals surface area contributed by atoms with Crippen molar-refractivity contribution in [3.63, 3.8) is 0 Å². The highest BCUT2D eigenvalue weighted by atomic mass is 16.6. The summed E-state index contributed by atoms with van der Waals surface area (Å²) in [5.74, 6) is 3.10. The Kier molecular flexibility index (Phi) is 5.06. The van der Waals surface area contributed by atoms with Gasteiger partial charge >= 0.3 is 6.09 Å². The Morgan fingerprint density at radius 2 is 2.22 bits per heavy atom. The molecule has 0 aliphatic rings. The third-order valence-electron chi connectivity index (χ3n) is 2.08. The van der Waals surface area contributed by atoms with E-state index < -0.39 is 6.09 Å². The Morgan fingerprint density at radius 1 is 1.50 bits per heavy atom. The normalized spacial score (nSPS) is 9.72. The summed E-state index contributed by atoms with van der Waals surface area (Å²) in [6.45, 7) is 5.69. The lowest BCUT2D eigenvalue weighted by Gasteiger charge is -2.11. The first-order chi connectivity index (χ1) is 8.52. The van der Waals surface area contributed by atoms with Crippen LogP contribution in [0.4, 0.5) is 10.5 Å². The molecule has 0 saturated heterocycles. The first kappa shape index (κ1) is 13.9. The zero-order valence-corrected chi connectivity index (χ0v) is 10.8. The van der Waals surface area contributed by atoms with Gasteiger partial charge in [-0.25, -0.2) is 4.79 Å². The van der Waals surface area contributed by atoms with Crippen LogP contribution in [0.5, 0.6) is 5.75 Å². The van der Waals surface area contributed by atoms with Crippen molar-refractivity contribution in [3.8, 4) is 18.1 Å². The van der Waals surface area contributed by atoms with E-state index in [1.807, 2.05) is 6.92 Å². The minimum Gasteiger partial charge on any atom is -0.481 e. The lowest BCUT2D eigenvalue weighted by Crippen LogP contribution is -2.18. The average molecular weight is 247 g/mol. The van der Waals surface area contributed by atoms with E-state index in [9.17, 15) is 4.79 Å². The molecule has 4 heteroatoms. The van der Waals surface area contributed by atoms with Gasteiger partial charge in [0.15, 0.2) is 0 Å². The monoisotopic (exact) mass is 247 g/mol. The smallest absolute Gasteiger partial charge is 0.411 e. The number of nitrogens with one attached hydrogen (secondary N) is 1. The average Bonchev–Trinajstić information content (AvgIpc) is 2.26. The second-order valence-corrected chi connectivity index (χ2v) is 4.05. The molecule has 0 saturated carbocycles. The van der Waals surface area contributed by atoms with E-state index in [1.165, 1.54) is 0 Å². The van der Waals surface area contributed by atoms with Gasteiger partial charge in [0.05, 0.1) is 6.10 Å². The summed E-state index contributed by atoms with van der Waals surface area (Å²) in [6, 6.07) is 5.30. The number of benzene rings is 1. The molecule has 1 amide bonds. The number of ether oxygens (including phenoxy) is 2. The quantitative estimate of drug-likeness (QED) is 0.832. The summed E-state index contributed by atoms with van der Waals surface area (Å²) in [4.78, 5) is 11.4. The summed E-state index contributed by atoms with van der Waals surface area (Å²) in [7, 11) is 0. The maximum Gasteiger partial charge on any atom is 0.411 e. The molecular formula is C14H17NO3. The number of carbonyl (C=O) groups excluding carboxylic acids is 1. The minimum atomic E-state index is -0.471. The van der Waals surface area contributed by atoms with Crippen LogP contribution in [0.1, 0.15) is 19.4 Å². The van der Waals surface area contributed by atoms with E-state index in [0.29, 0.717) is 11.4 Å². The van der Waals surface area contributed by atoms with Gasteiger partial charge in [-0.2, -0.15) is 0 Å². The van der Waals surface area contributed by atoms with Gasteiger partial charge < -0.3 is 9.47 Å². The van der Waals surface area contributed by atoms with Gasteiger partial charge in [-0.1, -0.05) is 5.92 Å². The Balaban J connectivity index is 2.67. The Bertz CT molecular complexity index is 461. The van der Waals surface area contributed by atoms with E-state index in [-0.39, 0.29) is 12.7 Å². The number of amides is 1. The Hall–Kier alpha value is -2.15. The summed E-state index contributed by atoms with van der Waals surface area (Å²) < 4.78 is 10.3. The third-order valence-corrected chi connectivity index (χ3v) is 2.08. The molecule has 1 N–H and O–H groups in total. The molecular weight excluding hydrogens is 230 g/mol. The van der Waals surface area contributed by atoms with E-state index in [1.54, 1.807) is 32.0 Å². The standard InChI is InChI=1S/C14H17NO3/c1-5-8-17-13-7-6-12(9-11(13)4)15-14(16)18-10(2)3/h1,6-7,9-10H,8H2,2-4H3,(H,15,16). The molecule has 1 rings (SSSR count). The number of hydrogen-bond donors (Lipinski definition) is 1. The molecule has 0 bridgehead atoms. The molecule has 0 atom stereocenters. The van der Waals surface area contributed by atoms with Crippen molar-refractivity contribution in [2.75, 3.05) is 11.9 Å². The largest absolute Gasteiger partial charge is 0.481 e. The molecule has 0 heterocycles. The molecule has 0 unspecified atom stereocenters. The van der Waals surface area contributed by atoms with E-state index in [2.05, 4.69) is 11.2 Å². The maximum atomic E-state index is 11.4. The van der Waals surface area contributed by atoms with E-state index in [4.69, 9.17) is 15.9 Å². The molecule has 0 aliphatic heterocycles. The van der Waals surface area contributed by atoms with Crippen LogP contribution in [-0.4, -0.2) is 18.8 Å². The number of hydrogen-bond acceptors (Lipinski definition) is 3. The van der Waals surface area contributed by atoms with Crippen LogP contribution in [0, 0.1) is 19.3 Å². The molecule has 96 valence electrons. The predicted molar refractivity (Wildman–Crippen MR) is 70.7 cm³/mol. The molecule has 0 radical (unpaired) electrons. The highest BCUT2D eigenvalue weighted by Gasteiger charge is 2.07. The molecule has 0 aliphatic carbocycles.